The van der Waals surface area contributed by atoms with Gasteiger partial charge in [0.05, 0.1) is 0 Å². The van der Waals surface area contributed by atoms with Gasteiger partial charge in [-0.3, -0.25) is 0 Å². The quantitative estimate of drug-likeness (QED) is 0.681. The summed E-state index contributed by atoms with van der Waals surface area (Å²) in [5, 5.41) is 0.138. The summed E-state index contributed by atoms with van der Waals surface area (Å²) in [5.41, 5.74) is 1.00. The molecule has 82 valence electrons. The molecule has 0 aromatic heterocycles. The van der Waals surface area contributed by atoms with Crippen molar-refractivity contribution in [2.24, 2.45) is 11.8 Å². The van der Waals surface area contributed by atoms with Crippen molar-refractivity contribution in [1.82, 2.24) is 0 Å². The predicted molar refractivity (Wildman–Crippen MR) is 61.6 cm³/mol. The lowest BCUT2D eigenvalue weighted by Gasteiger charge is -2.17. The molecule has 0 spiro atoms. The van der Waals surface area contributed by atoms with Crippen molar-refractivity contribution < 1.29 is 4.39 Å². The average Bonchev–Trinajstić information content (AvgIpc) is 2.99. The molecule has 0 saturated heterocycles. The van der Waals surface area contributed by atoms with Crippen molar-refractivity contribution in [3.05, 3.63) is 35.6 Å². The lowest BCUT2D eigenvalue weighted by molar-refractivity contribution is 0.477. The fraction of sp³-hybridized carbons (Fsp3) is 0.538. The predicted octanol–water partition coefficient (Wildman–Crippen LogP) is 4.02. The van der Waals surface area contributed by atoms with Crippen LogP contribution >= 0.6 is 11.6 Å². The van der Waals surface area contributed by atoms with Crippen LogP contribution in [0.1, 0.15) is 25.3 Å². The van der Waals surface area contributed by atoms with Gasteiger partial charge in [-0.05, 0) is 48.8 Å². The van der Waals surface area contributed by atoms with Crippen molar-refractivity contribution in [1.29, 1.82) is 0 Å². The first kappa shape index (κ1) is 10.9. The summed E-state index contributed by atoms with van der Waals surface area (Å²) in [4.78, 5) is 0. The van der Waals surface area contributed by atoms with Crippen molar-refractivity contribution in [2.75, 3.05) is 0 Å². The second kappa shape index (κ2) is 4.52. The van der Waals surface area contributed by atoms with Crippen LogP contribution in [0.25, 0.3) is 0 Å². The zero-order chi connectivity index (χ0) is 10.8. The first-order valence-electron chi connectivity index (χ1n) is 5.55. The van der Waals surface area contributed by atoms with Gasteiger partial charge in [0.15, 0.2) is 0 Å². The molecule has 0 amide bonds. The van der Waals surface area contributed by atoms with E-state index in [4.69, 9.17) is 11.6 Å². The summed E-state index contributed by atoms with van der Waals surface area (Å²) in [5.74, 6) is 1.19. The zero-order valence-corrected chi connectivity index (χ0v) is 9.67. The maximum Gasteiger partial charge on any atom is 0.123 e. The first-order valence-corrected chi connectivity index (χ1v) is 5.99. The molecule has 0 nitrogen and oxygen atoms in total. The van der Waals surface area contributed by atoms with Crippen molar-refractivity contribution in [2.45, 2.75) is 31.6 Å². The smallest absolute Gasteiger partial charge is 0.123 e. The highest BCUT2D eigenvalue weighted by Crippen LogP contribution is 2.40. The van der Waals surface area contributed by atoms with Crippen molar-refractivity contribution in [3.8, 4) is 0 Å². The van der Waals surface area contributed by atoms with Crippen LogP contribution in [0.4, 0.5) is 4.39 Å². The number of hydrogen-bond donors (Lipinski definition) is 0. The summed E-state index contributed by atoms with van der Waals surface area (Å²) < 4.78 is 12.9. The van der Waals surface area contributed by atoms with E-state index in [1.807, 2.05) is 6.07 Å². The molecule has 1 aliphatic carbocycles. The molecular weight excluding hydrogens is 211 g/mol. The van der Waals surface area contributed by atoms with Crippen LogP contribution in [-0.4, -0.2) is 5.38 Å². The SMILES string of the molecule is CC(C(Cl)Cc1cccc(F)c1)C1CC1. The van der Waals surface area contributed by atoms with Gasteiger partial charge < -0.3 is 0 Å². The molecule has 1 aliphatic rings. The van der Waals surface area contributed by atoms with E-state index in [-0.39, 0.29) is 11.2 Å². The molecule has 2 atom stereocenters. The second-order valence-corrected chi connectivity index (χ2v) is 5.11. The normalized spacial score (nSPS) is 19.9. The highest BCUT2D eigenvalue weighted by molar-refractivity contribution is 6.20. The van der Waals surface area contributed by atoms with E-state index in [1.165, 1.54) is 18.9 Å². The van der Waals surface area contributed by atoms with Crippen molar-refractivity contribution in [3.63, 3.8) is 0 Å². The van der Waals surface area contributed by atoms with E-state index in [1.54, 1.807) is 12.1 Å². The molecule has 0 N–H and O–H groups in total. The fourth-order valence-electron chi connectivity index (χ4n) is 1.99. The van der Waals surface area contributed by atoms with Crippen LogP contribution in [0.2, 0.25) is 0 Å². The van der Waals surface area contributed by atoms with E-state index in [0.717, 1.165) is 17.9 Å². The van der Waals surface area contributed by atoms with E-state index in [0.29, 0.717) is 5.92 Å². The molecule has 0 bridgehead atoms. The van der Waals surface area contributed by atoms with E-state index < -0.39 is 0 Å². The Kier molecular flexibility index (Phi) is 3.30. The van der Waals surface area contributed by atoms with Gasteiger partial charge in [-0.1, -0.05) is 19.1 Å². The molecule has 0 heterocycles. The lowest BCUT2D eigenvalue weighted by atomic mass is 9.96. The maximum atomic E-state index is 12.9. The highest BCUT2D eigenvalue weighted by Gasteiger charge is 2.32. The van der Waals surface area contributed by atoms with E-state index in [9.17, 15) is 4.39 Å². The van der Waals surface area contributed by atoms with Crippen molar-refractivity contribution >= 4 is 11.6 Å². The van der Waals surface area contributed by atoms with Crippen LogP contribution in [0.5, 0.6) is 0 Å². The van der Waals surface area contributed by atoms with Gasteiger partial charge in [0.25, 0.3) is 0 Å². The topological polar surface area (TPSA) is 0 Å². The Morgan fingerprint density at radius 1 is 1.47 bits per heavy atom. The minimum atomic E-state index is -0.171. The second-order valence-electron chi connectivity index (χ2n) is 4.55. The summed E-state index contributed by atoms with van der Waals surface area (Å²) in [6, 6.07) is 6.74. The van der Waals surface area contributed by atoms with Crippen LogP contribution in [-0.2, 0) is 6.42 Å². The number of rotatable bonds is 4. The minimum absolute atomic E-state index is 0.138. The van der Waals surface area contributed by atoms with E-state index >= 15 is 0 Å². The van der Waals surface area contributed by atoms with Crippen LogP contribution < -0.4 is 0 Å². The van der Waals surface area contributed by atoms with E-state index in [2.05, 4.69) is 6.92 Å². The molecule has 0 radical (unpaired) electrons. The third-order valence-electron chi connectivity index (χ3n) is 3.26. The van der Waals surface area contributed by atoms with Gasteiger partial charge >= 0.3 is 0 Å². The summed E-state index contributed by atoms with van der Waals surface area (Å²) in [6.07, 6.45) is 3.40. The average molecular weight is 227 g/mol. The van der Waals surface area contributed by atoms with Crippen LogP contribution in [0.3, 0.4) is 0 Å². The number of halogens is 2. The Bertz CT molecular complexity index is 333. The molecule has 1 aromatic rings. The molecular formula is C13H16ClF. The largest absolute Gasteiger partial charge is 0.207 e. The van der Waals surface area contributed by atoms with Gasteiger partial charge in [-0.2, -0.15) is 0 Å². The molecule has 1 fully saturated rings. The Morgan fingerprint density at radius 2 is 2.20 bits per heavy atom. The third-order valence-corrected chi connectivity index (χ3v) is 3.81. The Morgan fingerprint density at radius 3 is 2.80 bits per heavy atom. The molecule has 0 aliphatic heterocycles. The summed E-state index contributed by atoms with van der Waals surface area (Å²) in [6.45, 7) is 2.20. The molecule has 1 saturated carbocycles. The molecule has 1 aromatic carbocycles. The third kappa shape index (κ3) is 2.94. The summed E-state index contributed by atoms with van der Waals surface area (Å²) >= 11 is 6.33. The Hall–Kier alpha value is -0.560. The minimum Gasteiger partial charge on any atom is -0.207 e. The monoisotopic (exact) mass is 226 g/mol. The zero-order valence-electron chi connectivity index (χ0n) is 8.92. The highest BCUT2D eigenvalue weighted by atomic mass is 35.5. The summed E-state index contributed by atoms with van der Waals surface area (Å²) in [7, 11) is 0. The van der Waals surface area contributed by atoms with Gasteiger partial charge in [-0.25, -0.2) is 4.39 Å². The maximum absolute atomic E-state index is 12.9. The number of hydrogen-bond acceptors (Lipinski definition) is 0. The van der Waals surface area contributed by atoms with Gasteiger partial charge in [-0.15, -0.1) is 11.6 Å². The molecule has 2 rings (SSSR count). The standard InChI is InChI=1S/C13H16ClF/c1-9(11-5-6-11)13(14)8-10-3-2-4-12(15)7-10/h2-4,7,9,11,13H,5-6,8H2,1H3. The van der Waals surface area contributed by atoms with Crippen LogP contribution in [0, 0.1) is 17.7 Å². The molecule has 2 unspecified atom stereocenters. The number of alkyl halides is 1. The Labute approximate surface area is 95.4 Å². The lowest BCUT2D eigenvalue weighted by Crippen LogP contribution is -2.16. The fourth-order valence-corrected chi connectivity index (χ4v) is 2.38. The van der Waals surface area contributed by atoms with Crippen LogP contribution in [0.15, 0.2) is 24.3 Å². The first-order chi connectivity index (χ1) is 7.16. The molecule has 15 heavy (non-hydrogen) atoms. The van der Waals surface area contributed by atoms with Gasteiger partial charge in [0.1, 0.15) is 5.82 Å². The number of benzene rings is 1. The van der Waals surface area contributed by atoms with Gasteiger partial charge in [0.2, 0.25) is 0 Å². The van der Waals surface area contributed by atoms with Gasteiger partial charge in [0, 0.05) is 5.38 Å². The molecule has 2 heteroatoms. The Balaban J connectivity index is 1.95.